The van der Waals surface area contributed by atoms with Gasteiger partial charge in [0.25, 0.3) is 10.1 Å². The summed E-state index contributed by atoms with van der Waals surface area (Å²) in [6, 6.07) is 10.2. The number of hydrogen-bond donors (Lipinski definition) is 2. The standard InChI is InChI=1S/C14H15IN2O4S/c1-9(17(15)10(2)18)16-13-8-7-11-5-3-4-6-12(11)14(13)22(19,20)21/h3-9,16H,1-2H3,(H,19,20,21). The second-order valence-electron chi connectivity index (χ2n) is 4.79. The molecule has 0 saturated heterocycles. The van der Waals surface area contributed by atoms with Gasteiger partial charge in [0.05, 0.1) is 28.6 Å². The van der Waals surface area contributed by atoms with Gasteiger partial charge in [-0.05, 0) is 18.4 Å². The fourth-order valence-corrected chi connectivity index (χ4v) is 3.20. The van der Waals surface area contributed by atoms with Gasteiger partial charge in [-0.3, -0.25) is 12.5 Å². The van der Waals surface area contributed by atoms with Gasteiger partial charge in [0.15, 0.2) is 0 Å². The lowest BCUT2D eigenvalue weighted by Gasteiger charge is -2.24. The Bertz CT molecular complexity index is 823. The summed E-state index contributed by atoms with van der Waals surface area (Å²) in [6.45, 7) is 3.13. The third kappa shape index (κ3) is 3.50. The van der Waals surface area contributed by atoms with E-state index in [1.807, 2.05) is 22.9 Å². The second-order valence-corrected chi connectivity index (χ2v) is 7.19. The number of fused-ring (bicyclic) bond motifs is 1. The summed E-state index contributed by atoms with van der Waals surface area (Å²) in [5, 5.41) is 4.07. The molecule has 0 bridgehead atoms. The monoisotopic (exact) mass is 434 g/mol. The van der Waals surface area contributed by atoms with Gasteiger partial charge in [0.2, 0.25) is 5.91 Å². The summed E-state index contributed by atoms with van der Waals surface area (Å²) in [4.78, 5) is 11.2. The van der Waals surface area contributed by atoms with Crippen LogP contribution in [0.2, 0.25) is 0 Å². The van der Waals surface area contributed by atoms with Gasteiger partial charge >= 0.3 is 0 Å². The van der Waals surface area contributed by atoms with E-state index < -0.39 is 16.3 Å². The molecule has 2 N–H and O–H groups in total. The number of hydrogen-bond acceptors (Lipinski definition) is 4. The molecule has 0 fully saturated rings. The van der Waals surface area contributed by atoms with Crippen LogP contribution in [0, 0.1) is 0 Å². The molecule has 118 valence electrons. The maximum absolute atomic E-state index is 11.8. The lowest BCUT2D eigenvalue weighted by atomic mass is 10.1. The molecule has 8 heteroatoms. The fraction of sp³-hybridized carbons (Fsp3) is 0.214. The smallest absolute Gasteiger partial charge is 0.297 e. The van der Waals surface area contributed by atoms with Gasteiger partial charge in [-0.25, -0.2) is 0 Å². The van der Waals surface area contributed by atoms with E-state index in [1.54, 1.807) is 43.3 Å². The van der Waals surface area contributed by atoms with Gasteiger partial charge in [0, 0.05) is 12.3 Å². The number of halogens is 1. The quantitative estimate of drug-likeness (QED) is 0.335. The molecule has 1 unspecified atom stereocenters. The van der Waals surface area contributed by atoms with Crippen molar-refractivity contribution in [1.29, 1.82) is 0 Å². The topological polar surface area (TPSA) is 86.7 Å². The molecule has 0 aliphatic rings. The zero-order valence-electron chi connectivity index (χ0n) is 11.9. The second kappa shape index (κ2) is 6.39. The Morgan fingerprint density at radius 1 is 1.27 bits per heavy atom. The largest absolute Gasteiger partial charge is 0.364 e. The Kier molecular flexibility index (Phi) is 4.93. The molecule has 0 heterocycles. The lowest BCUT2D eigenvalue weighted by molar-refractivity contribution is -0.123. The van der Waals surface area contributed by atoms with E-state index in [4.69, 9.17) is 0 Å². The molecule has 2 aromatic rings. The molecule has 1 amide bonds. The predicted octanol–water partition coefficient (Wildman–Crippen LogP) is 3.04. The Morgan fingerprint density at radius 3 is 2.50 bits per heavy atom. The van der Waals surface area contributed by atoms with Crippen LogP contribution >= 0.6 is 22.9 Å². The number of anilines is 1. The fourth-order valence-electron chi connectivity index (χ4n) is 2.19. The number of benzene rings is 2. The van der Waals surface area contributed by atoms with Crippen molar-refractivity contribution >= 4 is 55.3 Å². The third-order valence-electron chi connectivity index (χ3n) is 3.14. The highest BCUT2D eigenvalue weighted by atomic mass is 127. The SMILES string of the molecule is CC(=O)N(I)C(C)Nc1ccc2ccccc2c1S(=O)(=O)O. The van der Waals surface area contributed by atoms with Gasteiger partial charge in [-0.1, -0.05) is 30.3 Å². The highest BCUT2D eigenvalue weighted by Crippen LogP contribution is 2.31. The van der Waals surface area contributed by atoms with Crippen molar-refractivity contribution in [3.63, 3.8) is 0 Å². The van der Waals surface area contributed by atoms with Crippen molar-refractivity contribution in [3.05, 3.63) is 36.4 Å². The highest BCUT2D eigenvalue weighted by Gasteiger charge is 2.22. The molecule has 0 spiro atoms. The molecule has 0 saturated carbocycles. The summed E-state index contributed by atoms with van der Waals surface area (Å²) < 4.78 is 34.6. The molecule has 0 aliphatic heterocycles. The van der Waals surface area contributed by atoms with Crippen LogP contribution in [-0.2, 0) is 14.9 Å². The molecule has 0 aromatic heterocycles. The van der Waals surface area contributed by atoms with Crippen molar-refractivity contribution in [2.24, 2.45) is 0 Å². The minimum atomic E-state index is -4.42. The van der Waals surface area contributed by atoms with E-state index >= 15 is 0 Å². The summed E-state index contributed by atoms with van der Waals surface area (Å²) in [5.74, 6) is -0.171. The number of nitrogens with zero attached hydrogens (tertiary/aromatic N) is 1. The van der Waals surface area contributed by atoms with Crippen molar-refractivity contribution in [2.45, 2.75) is 24.9 Å². The normalized spacial score (nSPS) is 12.9. The van der Waals surface area contributed by atoms with Crippen LogP contribution in [0.1, 0.15) is 13.8 Å². The van der Waals surface area contributed by atoms with E-state index in [2.05, 4.69) is 5.32 Å². The summed E-state index contributed by atoms with van der Waals surface area (Å²) >= 11 is 1.84. The van der Waals surface area contributed by atoms with Crippen LogP contribution < -0.4 is 5.32 Å². The highest BCUT2D eigenvalue weighted by molar-refractivity contribution is 14.1. The molecule has 2 rings (SSSR count). The lowest BCUT2D eigenvalue weighted by Crippen LogP contribution is -2.34. The van der Waals surface area contributed by atoms with Crippen LogP contribution in [0.4, 0.5) is 5.69 Å². The van der Waals surface area contributed by atoms with Gasteiger partial charge < -0.3 is 5.32 Å². The average molecular weight is 434 g/mol. The summed E-state index contributed by atoms with van der Waals surface area (Å²) in [5.41, 5.74) is 0.247. The van der Waals surface area contributed by atoms with Crippen molar-refractivity contribution in [2.75, 3.05) is 5.32 Å². The summed E-state index contributed by atoms with van der Waals surface area (Å²) in [7, 11) is -4.42. The number of rotatable bonds is 4. The first kappa shape index (κ1) is 17.0. The molecule has 0 radical (unpaired) electrons. The first-order valence-corrected chi connectivity index (χ1v) is 8.83. The molecule has 2 aromatic carbocycles. The molecule has 1 atom stereocenters. The average Bonchev–Trinajstić information content (AvgIpc) is 2.44. The van der Waals surface area contributed by atoms with Crippen molar-refractivity contribution < 1.29 is 17.8 Å². The third-order valence-corrected chi connectivity index (χ3v) is 5.61. The van der Waals surface area contributed by atoms with Crippen LogP contribution in [0.5, 0.6) is 0 Å². The van der Waals surface area contributed by atoms with E-state index in [1.165, 1.54) is 10.0 Å². The molecule has 22 heavy (non-hydrogen) atoms. The van der Waals surface area contributed by atoms with Gasteiger partial charge in [0.1, 0.15) is 11.1 Å². The van der Waals surface area contributed by atoms with E-state index in [9.17, 15) is 17.8 Å². The number of carbonyl (C=O) groups excluding carboxylic acids is 1. The van der Waals surface area contributed by atoms with Gasteiger partial charge in [-0.2, -0.15) is 8.42 Å². The maximum atomic E-state index is 11.8. The van der Waals surface area contributed by atoms with Crippen LogP contribution in [0.3, 0.4) is 0 Å². The molecule has 6 nitrogen and oxygen atoms in total. The Hall–Kier alpha value is -1.39. The first-order chi connectivity index (χ1) is 10.2. The Labute approximate surface area is 142 Å². The summed E-state index contributed by atoms with van der Waals surface area (Å²) in [6.07, 6.45) is -0.445. The predicted molar refractivity (Wildman–Crippen MR) is 93.4 cm³/mol. The van der Waals surface area contributed by atoms with Crippen molar-refractivity contribution in [1.82, 2.24) is 3.11 Å². The Morgan fingerprint density at radius 2 is 1.91 bits per heavy atom. The van der Waals surface area contributed by atoms with E-state index in [-0.39, 0.29) is 16.5 Å². The minimum Gasteiger partial charge on any atom is -0.364 e. The van der Waals surface area contributed by atoms with Crippen LogP contribution in [0.15, 0.2) is 41.3 Å². The van der Waals surface area contributed by atoms with E-state index in [0.717, 1.165) is 0 Å². The zero-order chi connectivity index (χ0) is 16.5. The van der Waals surface area contributed by atoms with Crippen LogP contribution in [0.25, 0.3) is 10.8 Å². The van der Waals surface area contributed by atoms with E-state index in [0.29, 0.717) is 10.8 Å². The number of carbonyl (C=O) groups is 1. The van der Waals surface area contributed by atoms with Crippen LogP contribution in [-0.4, -0.2) is 28.2 Å². The number of amides is 1. The minimum absolute atomic E-state index is 0.171. The van der Waals surface area contributed by atoms with Gasteiger partial charge in [-0.15, -0.1) is 0 Å². The molecular formula is C14H15IN2O4S. The molecular weight excluding hydrogens is 419 g/mol. The molecule has 0 aliphatic carbocycles. The number of nitrogens with one attached hydrogen (secondary N) is 1. The first-order valence-electron chi connectivity index (χ1n) is 6.43. The maximum Gasteiger partial charge on any atom is 0.297 e. The Balaban J connectivity index is 2.57. The van der Waals surface area contributed by atoms with Crippen molar-refractivity contribution in [3.8, 4) is 0 Å². The zero-order valence-corrected chi connectivity index (χ0v) is 14.9.